The third kappa shape index (κ3) is 4.97. The van der Waals surface area contributed by atoms with Crippen molar-refractivity contribution in [1.82, 2.24) is 5.01 Å². The van der Waals surface area contributed by atoms with Crippen molar-refractivity contribution >= 4 is 6.21 Å². The summed E-state index contributed by atoms with van der Waals surface area (Å²) in [5, 5.41) is 6.75. The molecule has 0 spiro atoms. The molecule has 1 unspecified atom stereocenters. The van der Waals surface area contributed by atoms with Gasteiger partial charge in [-0.1, -0.05) is 26.2 Å². The number of hydrazone groups is 1. The third-order valence-corrected chi connectivity index (χ3v) is 3.12. The molecule has 0 aromatic heterocycles. The van der Waals surface area contributed by atoms with E-state index in [1.165, 1.54) is 38.5 Å². The molecule has 0 N–H and O–H groups in total. The molecular formula is C13H26N2O. The quantitative estimate of drug-likeness (QED) is 0.469. The van der Waals surface area contributed by atoms with Crippen LogP contribution in [0.5, 0.6) is 0 Å². The molecule has 0 amide bonds. The zero-order valence-electron chi connectivity index (χ0n) is 10.8. The van der Waals surface area contributed by atoms with E-state index in [0.717, 1.165) is 19.6 Å². The van der Waals surface area contributed by atoms with Gasteiger partial charge in [-0.05, 0) is 25.7 Å². The predicted molar refractivity (Wildman–Crippen MR) is 68.9 cm³/mol. The maximum absolute atomic E-state index is 5.20. The number of methoxy groups -OCH3 is 1. The van der Waals surface area contributed by atoms with Crippen LogP contribution in [-0.4, -0.2) is 37.5 Å². The SMILES string of the molecule is CCCCCC/C=N/N1CCCC1COC. The minimum Gasteiger partial charge on any atom is -0.382 e. The lowest BCUT2D eigenvalue weighted by atomic mass is 10.2. The number of nitrogens with zero attached hydrogens (tertiary/aromatic N) is 2. The van der Waals surface area contributed by atoms with Gasteiger partial charge in [-0.3, -0.25) is 5.01 Å². The summed E-state index contributed by atoms with van der Waals surface area (Å²) in [4.78, 5) is 0. The van der Waals surface area contributed by atoms with E-state index in [1.807, 2.05) is 0 Å². The lowest BCUT2D eigenvalue weighted by molar-refractivity contribution is 0.118. The van der Waals surface area contributed by atoms with Crippen LogP contribution in [0.1, 0.15) is 51.9 Å². The highest BCUT2D eigenvalue weighted by Crippen LogP contribution is 2.17. The first kappa shape index (κ1) is 13.5. The number of ether oxygens (including phenoxy) is 1. The monoisotopic (exact) mass is 226 g/mol. The first-order valence-electron chi connectivity index (χ1n) is 6.66. The fourth-order valence-corrected chi connectivity index (χ4v) is 2.16. The molecule has 1 aliphatic heterocycles. The molecular weight excluding hydrogens is 200 g/mol. The number of rotatable bonds is 8. The van der Waals surface area contributed by atoms with Crippen molar-refractivity contribution < 1.29 is 4.74 Å². The molecule has 0 saturated carbocycles. The van der Waals surface area contributed by atoms with Gasteiger partial charge in [0.25, 0.3) is 0 Å². The maximum Gasteiger partial charge on any atom is 0.0704 e. The molecule has 94 valence electrons. The van der Waals surface area contributed by atoms with Crippen LogP contribution < -0.4 is 0 Å². The number of unbranched alkanes of at least 4 members (excludes halogenated alkanes) is 4. The Hall–Kier alpha value is -0.570. The van der Waals surface area contributed by atoms with Gasteiger partial charge in [0.05, 0.1) is 12.6 Å². The van der Waals surface area contributed by atoms with Gasteiger partial charge in [-0.15, -0.1) is 0 Å². The van der Waals surface area contributed by atoms with Crippen LogP contribution >= 0.6 is 0 Å². The standard InChI is InChI=1S/C13H26N2O/c1-3-4-5-6-7-10-14-15-11-8-9-13(15)12-16-2/h10,13H,3-9,11-12H2,1-2H3/b14-10+. The molecule has 1 fully saturated rings. The van der Waals surface area contributed by atoms with E-state index in [2.05, 4.69) is 23.2 Å². The maximum atomic E-state index is 5.20. The normalized spacial score (nSPS) is 21.1. The summed E-state index contributed by atoms with van der Waals surface area (Å²) < 4.78 is 5.20. The topological polar surface area (TPSA) is 24.8 Å². The Morgan fingerprint density at radius 3 is 3.00 bits per heavy atom. The van der Waals surface area contributed by atoms with Gasteiger partial charge in [-0.2, -0.15) is 5.10 Å². The van der Waals surface area contributed by atoms with Crippen LogP contribution in [-0.2, 0) is 4.74 Å². The summed E-state index contributed by atoms with van der Waals surface area (Å²) in [6, 6.07) is 0.511. The van der Waals surface area contributed by atoms with Crippen LogP contribution in [0.2, 0.25) is 0 Å². The third-order valence-electron chi connectivity index (χ3n) is 3.12. The summed E-state index contributed by atoms with van der Waals surface area (Å²) in [7, 11) is 1.77. The van der Waals surface area contributed by atoms with Crippen molar-refractivity contribution in [2.24, 2.45) is 5.10 Å². The molecule has 0 aliphatic carbocycles. The zero-order valence-corrected chi connectivity index (χ0v) is 10.8. The second-order valence-electron chi connectivity index (χ2n) is 4.56. The summed E-state index contributed by atoms with van der Waals surface area (Å²) in [6.45, 7) is 4.15. The molecule has 1 rings (SSSR count). The van der Waals surface area contributed by atoms with Crippen molar-refractivity contribution in [2.45, 2.75) is 57.9 Å². The summed E-state index contributed by atoms with van der Waals surface area (Å²) in [5.74, 6) is 0. The van der Waals surface area contributed by atoms with Gasteiger partial charge in [-0.25, -0.2) is 0 Å². The zero-order chi connectivity index (χ0) is 11.6. The van der Waals surface area contributed by atoms with Crippen LogP contribution in [0, 0.1) is 0 Å². The lowest BCUT2D eigenvalue weighted by Crippen LogP contribution is -2.28. The largest absolute Gasteiger partial charge is 0.382 e. The average Bonchev–Trinajstić information content (AvgIpc) is 2.72. The van der Waals surface area contributed by atoms with Gasteiger partial charge in [0, 0.05) is 19.9 Å². The van der Waals surface area contributed by atoms with Crippen molar-refractivity contribution in [3.63, 3.8) is 0 Å². The molecule has 0 radical (unpaired) electrons. The van der Waals surface area contributed by atoms with Crippen LogP contribution in [0.4, 0.5) is 0 Å². The van der Waals surface area contributed by atoms with E-state index in [9.17, 15) is 0 Å². The molecule has 1 heterocycles. The summed E-state index contributed by atoms with van der Waals surface area (Å²) >= 11 is 0. The van der Waals surface area contributed by atoms with Crippen LogP contribution in [0.25, 0.3) is 0 Å². The molecule has 1 aliphatic rings. The van der Waals surface area contributed by atoms with E-state index in [1.54, 1.807) is 7.11 Å². The second-order valence-corrected chi connectivity index (χ2v) is 4.56. The molecule has 16 heavy (non-hydrogen) atoms. The summed E-state index contributed by atoms with van der Waals surface area (Å²) in [5.41, 5.74) is 0. The van der Waals surface area contributed by atoms with Crippen LogP contribution in [0.3, 0.4) is 0 Å². The number of hydrogen-bond acceptors (Lipinski definition) is 3. The Bertz CT molecular complexity index is 194. The Morgan fingerprint density at radius 2 is 2.25 bits per heavy atom. The Labute approximate surface area is 99.9 Å². The number of hydrogen-bond donors (Lipinski definition) is 0. The van der Waals surface area contributed by atoms with E-state index in [0.29, 0.717) is 6.04 Å². The van der Waals surface area contributed by atoms with Crippen molar-refractivity contribution in [1.29, 1.82) is 0 Å². The molecule has 1 atom stereocenters. The van der Waals surface area contributed by atoms with Gasteiger partial charge >= 0.3 is 0 Å². The first-order valence-corrected chi connectivity index (χ1v) is 6.66. The Morgan fingerprint density at radius 1 is 1.38 bits per heavy atom. The fourth-order valence-electron chi connectivity index (χ4n) is 2.16. The van der Waals surface area contributed by atoms with Crippen molar-refractivity contribution in [3.05, 3.63) is 0 Å². The van der Waals surface area contributed by atoms with Gasteiger partial charge < -0.3 is 4.74 Å². The van der Waals surface area contributed by atoms with Crippen molar-refractivity contribution in [3.8, 4) is 0 Å². The minimum absolute atomic E-state index is 0.511. The molecule has 3 nitrogen and oxygen atoms in total. The predicted octanol–water partition coefficient (Wildman–Crippen LogP) is 3.05. The van der Waals surface area contributed by atoms with E-state index in [-0.39, 0.29) is 0 Å². The Kier molecular flexibility index (Phi) is 7.23. The Balaban J connectivity index is 2.12. The van der Waals surface area contributed by atoms with E-state index >= 15 is 0 Å². The van der Waals surface area contributed by atoms with Gasteiger partial charge in [0.2, 0.25) is 0 Å². The van der Waals surface area contributed by atoms with E-state index in [4.69, 9.17) is 4.74 Å². The van der Waals surface area contributed by atoms with Crippen LogP contribution in [0.15, 0.2) is 5.10 Å². The fraction of sp³-hybridized carbons (Fsp3) is 0.923. The highest BCUT2D eigenvalue weighted by molar-refractivity contribution is 5.56. The van der Waals surface area contributed by atoms with Crippen molar-refractivity contribution in [2.75, 3.05) is 20.3 Å². The second kappa shape index (κ2) is 8.57. The van der Waals surface area contributed by atoms with Gasteiger partial charge in [0.15, 0.2) is 0 Å². The summed E-state index contributed by atoms with van der Waals surface area (Å²) in [6.07, 6.45) is 11.0. The highest BCUT2D eigenvalue weighted by atomic mass is 16.5. The lowest BCUT2D eigenvalue weighted by Gasteiger charge is -2.20. The van der Waals surface area contributed by atoms with E-state index < -0.39 is 0 Å². The van der Waals surface area contributed by atoms with Gasteiger partial charge in [0.1, 0.15) is 0 Å². The molecule has 0 bridgehead atoms. The molecule has 0 aromatic rings. The highest BCUT2D eigenvalue weighted by Gasteiger charge is 2.22. The smallest absolute Gasteiger partial charge is 0.0704 e. The minimum atomic E-state index is 0.511. The molecule has 3 heteroatoms. The first-order chi connectivity index (χ1) is 7.88. The average molecular weight is 226 g/mol. The molecule has 1 saturated heterocycles. The molecule has 0 aromatic carbocycles.